The summed E-state index contributed by atoms with van der Waals surface area (Å²) in [6.45, 7) is 1.95. The van der Waals surface area contributed by atoms with E-state index in [1.807, 2.05) is 61.5 Å². The zero-order valence-corrected chi connectivity index (χ0v) is 18.5. The van der Waals surface area contributed by atoms with Crippen LogP contribution in [-0.2, 0) is 0 Å². The van der Waals surface area contributed by atoms with Crippen molar-refractivity contribution >= 4 is 17.0 Å². The second-order valence-electron chi connectivity index (χ2n) is 6.82. The third-order valence-corrected chi connectivity index (χ3v) is 5.72. The van der Waals surface area contributed by atoms with E-state index in [1.54, 1.807) is 25.6 Å². The minimum Gasteiger partial charge on any atom is -0.497 e. The lowest BCUT2D eigenvalue weighted by atomic mass is 10.1. The van der Waals surface area contributed by atoms with Crippen LogP contribution in [0.2, 0.25) is 0 Å². The molecule has 0 saturated heterocycles. The molecule has 3 aromatic carbocycles. The quantitative estimate of drug-likeness (QED) is 0.298. The predicted molar refractivity (Wildman–Crippen MR) is 126 cm³/mol. The van der Waals surface area contributed by atoms with Crippen LogP contribution in [-0.4, -0.2) is 24.5 Å². The van der Waals surface area contributed by atoms with Gasteiger partial charge in [0, 0.05) is 11.1 Å². The minimum atomic E-state index is 0.796. The molecule has 0 bridgehead atoms. The number of methoxy groups -OCH3 is 2. The molecule has 0 saturated carbocycles. The van der Waals surface area contributed by atoms with Gasteiger partial charge < -0.3 is 9.47 Å². The molecule has 0 aliphatic carbocycles. The van der Waals surface area contributed by atoms with E-state index in [0.717, 1.165) is 44.5 Å². The van der Waals surface area contributed by atoms with Crippen molar-refractivity contribution in [1.82, 2.24) is 4.57 Å². The van der Waals surface area contributed by atoms with Gasteiger partial charge in [-0.15, -0.1) is 16.4 Å². The highest BCUT2D eigenvalue weighted by Gasteiger charge is 2.10. The van der Waals surface area contributed by atoms with Gasteiger partial charge in [0.05, 0.1) is 25.6 Å². The van der Waals surface area contributed by atoms with Crippen LogP contribution in [0.15, 0.2) is 94.4 Å². The van der Waals surface area contributed by atoms with Gasteiger partial charge in [0.15, 0.2) is 0 Å². The summed E-state index contributed by atoms with van der Waals surface area (Å²) >= 11 is 1.56. The van der Waals surface area contributed by atoms with Gasteiger partial charge in [-0.25, -0.2) is 0 Å². The van der Waals surface area contributed by atoms with Crippen molar-refractivity contribution in [2.24, 2.45) is 10.2 Å². The summed E-state index contributed by atoms with van der Waals surface area (Å²) in [4.78, 5) is 0.796. The van der Waals surface area contributed by atoms with Crippen LogP contribution in [0.5, 0.6) is 11.5 Å². The Bertz CT molecular complexity index is 1240. The second-order valence-corrected chi connectivity index (χ2v) is 7.65. The molecule has 0 aliphatic heterocycles. The van der Waals surface area contributed by atoms with Crippen molar-refractivity contribution in [2.75, 3.05) is 14.2 Å². The van der Waals surface area contributed by atoms with Gasteiger partial charge in [-0.3, -0.25) is 4.57 Å². The Morgan fingerprint density at radius 3 is 2.03 bits per heavy atom. The van der Waals surface area contributed by atoms with Gasteiger partial charge in [-0.1, -0.05) is 18.2 Å². The summed E-state index contributed by atoms with van der Waals surface area (Å²) in [7, 11) is 3.33. The van der Waals surface area contributed by atoms with Crippen LogP contribution in [0.4, 0.5) is 0 Å². The van der Waals surface area contributed by atoms with E-state index in [1.165, 1.54) is 0 Å². The fraction of sp³-hybridized carbons (Fsp3) is 0.120. The second kappa shape index (κ2) is 9.45. The van der Waals surface area contributed by atoms with E-state index in [2.05, 4.69) is 44.4 Å². The Morgan fingerprint density at radius 1 is 0.806 bits per heavy atom. The zero-order valence-electron chi connectivity index (χ0n) is 17.6. The molecule has 0 amide bonds. The lowest BCUT2D eigenvalue weighted by molar-refractivity contribution is 0.414. The van der Waals surface area contributed by atoms with E-state index in [-0.39, 0.29) is 0 Å². The third kappa shape index (κ3) is 4.59. The molecular formula is C25H23N3O2S. The van der Waals surface area contributed by atoms with Crippen LogP contribution in [0.1, 0.15) is 12.5 Å². The van der Waals surface area contributed by atoms with Gasteiger partial charge in [0.2, 0.25) is 4.80 Å². The Labute approximate surface area is 185 Å². The summed E-state index contributed by atoms with van der Waals surface area (Å²) in [5.41, 5.74) is 5.00. The molecule has 0 radical (unpaired) electrons. The number of rotatable bonds is 6. The Kier molecular flexibility index (Phi) is 6.29. The number of benzene rings is 3. The summed E-state index contributed by atoms with van der Waals surface area (Å²) in [5.74, 6) is 1.65. The highest BCUT2D eigenvalue weighted by atomic mass is 32.1. The van der Waals surface area contributed by atoms with Crippen LogP contribution < -0.4 is 14.3 Å². The lowest BCUT2D eigenvalue weighted by Gasteiger charge is -2.09. The maximum Gasteiger partial charge on any atom is 0.215 e. The van der Waals surface area contributed by atoms with Gasteiger partial charge >= 0.3 is 0 Å². The first-order valence-electron chi connectivity index (χ1n) is 9.82. The molecule has 0 fully saturated rings. The minimum absolute atomic E-state index is 0.796. The maximum atomic E-state index is 5.30. The first kappa shape index (κ1) is 20.6. The first-order chi connectivity index (χ1) is 15.2. The van der Waals surface area contributed by atoms with E-state index in [0.29, 0.717) is 0 Å². The maximum absolute atomic E-state index is 5.30. The molecule has 1 heterocycles. The van der Waals surface area contributed by atoms with Crippen LogP contribution >= 0.6 is 11.3 Å². The SMILES string of the molecule is COc1ccc(/C(C)=N/N=c2/scc(-c3ccc(OC)cc3)n2-c2ccccc2)cc1. The molecular weight excluding hydrogens is 406 g/mol. The fourth-order valence-corrected chi connectivity index (χ4v) is 4.03. The van der Waals surface area contributed by atoms with E-state index in [9.17, 15) is 0 Å². The van der Waals surface area contributed by atoms with Gasteiger partial charge in [-0.2, -0.15) is 5.10 Å². The zero-order chi connectivity index (χ0) is 21.6. The van der Waals surface area contributed by atoms with Gasteiger partial charge in [0.25, 0.3) is 0 Å². The van der Waals surface area contributed by atoms with E-state index >= 15 is 0 Å². The van der Waals surface area contributed by atoms with Crippen molar-refractivity contribution < 1.29 is 9.47 Å². The Balaban J connectivity index is 1.79. The first-order valence-corrected chi connectivity index (χ1v) is 10.7. The topological polar surface area (TPSA) is 48.1 Å². The fourth-order valence-electron chi connectivity index (χ4n) is 3.18. The molecule has 0 aliphatic rings. The highest BCUT2D eigenvalue weighted by molar-refractivity contribution is 7.07. The van der Waals surface area contributed by atoms with Crippen molar-refractivity contribution in [3.63, 3.8) is 0 Å². The molecule has 31 heavy (non-hydrogen) atoms. The summed E-state index contributed by atoms with van der Waals surface area (Å²) in [6, 6.07) is 26.0. The lowest BCUT2D eigenvalue weighted by Crippen LogP contribution is -2.13. The molecule has 0 spiro atoms. The molecule has 156 valence electrons. The predicted octanol–water partition coefficient (Wildman–Crippen LogP) is 5.55. The summed E-state index contributed by atoms with van der Waals surface area (Å²) in [5, 5.41) is 11.2. The molecule has 0 unspecified atom stereocenters. The van der Waals surface area contributed by atoms with Crippen molar-refractivity contribution in [2.45, 2.75) is 6.92 Å². The summed E-state index contributed by atoms with van der Waals surface area (Å²) in [6.07, 6.45) is 0. The van der Waals surface area contributed by atoms with Crippen molar-refractivity contribution in [3.05, 3.63) is 94.6 Å². The molecule has 0 atom stereocenters. The highest BCUT2D eigenvalue weighted by Crippen LogP contribution is 2.25. The molecule has 0 N–H and O–H groups in total. The number of para-hydroxylation sites is 1. The Hall–Kier alpha value is -3.64. The Morgan fingerprint density at radius 2 is 1.42 bits per heavy atom. The largest absolute Gasteiger partial charge is 0.497 e. The number of hydrogen-bond acceptors (Lipinski definition) is 5. The van der Waals surface area contributed by atoms with Crippen LogP contribution in [0.3, 0.4) is 0 Å². The van der Waals surface area contributed by atoms with Crippen molar-refractivity contribution in [3.8, 4) is 28.4 Å². The number of aromatic nitrogens is 1. The van der Waals surface area contributed by atoms with Gasteiger partial charge in [0.1, 0.15) is 11.5 Å². The van der Waals surface area contributed by atoms with E-state index < -0.39 is 0 Å². The molecule has 4 rings (SSSR count). The average Bonchev–Trinajstić information content (AvgIpc) is 3.27. The van der Waals surface area contributed by atoms with E-state index in [4.69, 9.17) is 9.47 Å². The molecule has 5 nitrogen and oxygen atoms in total. The van der Waals surface area contributed by atoms with Crippen LogP contribution in [0.25, 0.3) is 16.9 Å². The number of ether oxygens (including phenoxy) is 2. The average molecular weight is 430 g/mol. The molecule has 6 heteroatoms. The third-order valence-electron chi connectivity index (χ3n) is 4.90. The molecule has 1 aromatic heterocycles. The smallest absolute Gasteiger partial charge is 0.215 e. The summed E-state index contributed by atoms with van der Waals surface area (Å²) < 4.78 is 12.7. The van der Waals surface area contributed by atoms with Crippen molar-refractivity contribution in [1.29, 1.82) is 0 Å². The standard InChI is InChI=1S/C25H23N3O2S/c1-18(19-9-13-22(29-2)14-10-19)26-27-25-28(21-7-5-4-6-8-21)24(17-31-25)20-11-15-23(30-3)16-12-20/h4-17H,1-3H3/b26-18+,27-25+. The molecule has 4 aromatic rings. The van der Waals surface area contributed by atoms with Gasteiger partial charge in [-0.05, 0) is 78.7 Å². The monoisotopic (exact) mass is 429 g/mol. The number of hydrogen-bond donors (Lipinski definition) is 0. The normalized spacial score (nSPS) is 12.1. The number of nitrogens with zero attached hydrogens (tertiary/aromatic N) is 3. The van der Waals surface area contributed by atoms with Crippen LogP contribution in [0, 0.1) is 0 Å². The number of thiazole rings is 1.